The van der Waals surface area contributed by atoms with Gasteiger partial charge in [0.25, 0.3) is 0 Å². The van der Waals surface area contributed by atoms with Crippen molar-refractivity contribution in [2.24, 2.45) is 0 Å². The van der Waals surface area contributed by atoms with Crippen LogP contribution in [0.1, 0.15) is 104 Å². The lowest BCUT2D eigenvalue weighted by Gasteiger charge is -2.17. The molecule has 0 rings (SSSR count). The van der Waals surface area contributed by atoms with Crippen LogP contribution in [0.2, 0.25) is 0 Å². The fraction of sp³-hybridized carbons (Fsp3) is 0.952. The second-order valence-corrected chi connectivity index (χ2v) is 6.89. The summed E-state index contributed by atoms with van der Waals surface area (Å²) in [5.41, 5.74) is 0. The predicted molar refractivity (Wildman–Crippen MR) is 104 cm³/mol. The first-order valence-electron chi connectivity index (χ1n) is 10.6. The van der Waals surface area contributed by atoms with E-state index in [9.17, 15) is 4.79 Å². The average molecular weight is 342 g/mol. The molecule has 0 aromatic rings. The molecule has 3 nitrogen and oxygen atoms in total. The zero-order valence-electron chi connectivity index (χ0n) is 16.8. The van der Waals surface area contributed by atoms with E-state index in [-0.39, 0.29) is 5.97 Å². The third-order valence-electron chi connectivity index (χ3n) is 4.76. The third-order valence-corrected chi connectivity index (χ3v) is 4.76. The summed E-state index contributed by atoms with van der Waals surface area (Å²) in [5, 5.41) is 0. The van der Waals surface area contributed by atoms with Crippen molar-refractivity contribution >= 4 is 5.97 Å². The molecule has 0 aliphatic heterocycles. The molecule has 0 bridgehead atoms. The fourth-order valence-corrected chi connectivity index (χ4v) is 2.99. The molecular weight excluding hydrogens is 298 g/mol. The minimum absolute atomic E-state index is 0.00240. The minimum Gasteiger partial charge on any atom is -0.466 e. The van der Waals surface area contributed by atoms with Gasteiger partial charge in [-0.3, -0.25) is 4.79 Å². The van der Waals surface area contributed by atoms with Crippen LogP contribution in [0.5, 0.6) is 0 Å². The van der Waals surface area contributed by atoms with E-state index in [2.05, 4.69) is 25.7 Å². The van der Waals surface area contributed by atoms with Gasteiger partial charge >= 0.3 is 5.97 Å². The molecule has 0 atom stereocenters. The van der Waals surface area contributed by atoms with Crippen molar-refractivity contribution < 1.29 is 9.53 Å². The van der Waals surface area contributed by atoms with Crippen LogP contribution in [0.3, 0.4) is 0 Å². The Balaban J connectivity index is 3.24. The maximum absolute atomic E-state index is 11.7. The smallest absolute Gasteiger partial charge is 0.305 e. The lowest BCUT2D eigenvalue weighted by Crippen LogP contribution is -2.24. The molecule has 0 spiro atoms. The number of ether oxygens (including phenoxy) is 1. The van der Waals surface area contributed by atoms with Gasteiger partial charge < -0.3 is 9.64 Å². The Morgan fingerprint density at radius 2 is 1.25 bits per heavy atom. The number of carbonyl (C=O) groups excluding carboxylic acids is 1. The lowest BCUT2D eigenvalue weighted by molar-refractivity contribution is -0.143. The van der Waals surface area contributed by atoms with Crippen LogP contribution < -0.4 is 0 Å². The summed E-state index contributed by atoms with van der Waals surface area (Å²) >= 11 is 0. The standard InChI is InChI=1S/C21H43NO2/c1-4-7-8-9-10-11-12-13-14-15-18-21(23)24-20-17-16-19-22(5-2)6-3/h4-20H2,1-3H3. The average Bonchev–Trinajstić information content (AvgIpc) is 2.59. The highest BCUT2D eigenvalue weighted by atomic mass is 16.5. The van der Waals surface area contributed by atoms with Gasteiger partial charge in [-0.05, 0) is 38.9 Å². The van der Waals surface area contributed by atoms with Crippen molar-refractivity contribution in [3.8, 4) is 0 Å². The number of unbranched alkanes of at least 4 members (excludes halogenated alkanes) is 10. The molecule has 0 N–H and O–H groups in total. The van der Waals surface area contributed by atoms with Crippen LogP contribution in [-0.4, -0.2) is 37.1 Å². The van der Waals surface area contributed by atoms with Crippen molar-refractivity contribution in [1.29, 1.82) is 0 Å². The molecule has 24 heavy (non-hydrogen) atoms. The number of nitrogens with zero attached hydrogens (tertiary/aromatic N) is 1. The SMILES string of the molecule is CCCCCCCCCCCCC(=O)OCCCCN(CC)CC. The van der Waals surface area contributed by atoms with Gasteiger partial charge in [0.1, 0.15) is 0 Å². The van der Waals surface area contributed by atoms with Crippen molar-refractivity contribution in [3.05, 3.63) is 0 Å². The van der Waals surface area contributed by atoms with Gasteiger partial charge in [0.2, 0.25) is 0 Å². The summed E-state index contributed by atoms with van der Waals surface area (Å²) in [4.78, 5) is 14.1. The number of hydrogen-bond donors (Lipinski definition) is 0. The Labute approximate surface area is 151 Å². The van der Waals surface area contributed by atoms with Crippen molar-refractivity contribution in [1.82, 2.24) is 4.90 Å². The third kappa shape index (κ3) is 16.3. The predicted octanol–water partition coefficient (Wildman–Crippen LogP) is 5.96. The van der Waals surface area contributed by atoms with E-state index < -0.39 is 0 Å². The Hall–Kier alpha value is -0.570. The zero-order chi connectivity index (χ0) is 17.9. The van der Waals surface area contributed by atoms with Crippen LogP contribution in [-0.2, 0) is 9.53 Å². The van der Waals surface area contributed by atoms with Crippen molar-refractivity contribution in [2.45, 2.75) is 104 Å². The van der Waals surface area contributed by atoms with E-state index in [4.69, 9.17) is 4.74 Å². The minimum atomic E-state index is -0.00240. The van der Waals surface area contributed by atoms with Crippen molar-refractivity contribution in [2.75, 3.05) is 26.2 Å². The first-order valence-corrected chi connectivity index (χ1v) is 10.6. The monoisotopic (exact) mass is 341 g/mol. The molecule has 0 radical (unpaired) electrons. The van der Waals surface area contributed by atoms with Crippen LogP contribution in [0.25, 0.3) is 0 Å². The van der Waals surface area contributed by atoms with E-state index in [1.54, 1.807) is 0 Å². The Bertz CT molecular complexity index is 265. The highest BCUT2D eigenvalue weighted by molar-refractivity contribution is 5.69. The Morgan fingerprint density at radius 3 is 1.79 bits per heavy atom. The summed E-state index contributed by atoms with van der Waals surface area (Å²) < 4.78 is 5.32. The molecule has 0 aromatic heterocycles. The molecule has 0 aromatic carbocycles. The molecule has 0 amide bonds. The van der Waals surface area contributed by atoms with Gasteiger partial charge in [-0.2, -0.15) is 0 Å². The number of rotatable bonds is 18. The molecule has 0 saturated carbocycles. The first-order chi connectivity index (χ1) is 11.7. The van der Waals surface area contributed by atoms with Crippen LogP contribution in [0.15, 0.2) is 0 Å². The Kier molecular flexibility index (Phi) is 18.3. The van der Waals surface area contributed by atoms with Gasteiger partial charge in [-0.25, -0.2) is 0 Å². The molecule has 3 heteroatoms. The highest BCUT2D eigenvalue weighted by Crippen LogP contribution is 2.11. The van der Waals surface area contributed by atoms with Gasteiger partial charge in [0, 0.05) is 6.42 Å². The summed E-state index contributed by atoms with van der Waals surface area (Å²) in [6.07, 6.45) is 15.7. The summed E-state index contributed by atoms with van der Waals surface area (Å²) in [5.74, 6) is -0.00240. The first kappa shape index (κ1) is 23.4. The summed E-state index contributed by atoms with van der Waals surface area (Å²) in [6.45, 7) is 10.6. The molecule has 0 aliphatic carbocycles. The van der Waals surface area contributed by atoms with E-state index in [1.807, 2.05) is 0 Å². The maximum Gasteiger partial charge on any atom is 0.305 e. The van der Waals surface area contributed by atoms with Crippen molar-refractivity contribution in [3.63, 3.8) is 0 Å². The zero-order valence-corrected chi connectivity index (χ0v) is 16.8. The second-order valence-electron chi connectivity index (χ2n) is 6.89. The largest absolute Gasteiger partial charge is 0.466 e. The molecular formula is C21H43NO2. The van der Waals surface area contributed by atoms with Crippen LogP contribution >= 0.6 is 0 Å². The van der Waals surface area contributed by atoms with Gasteiger partial charge in [-0.15, -0.1) is 0 Å². The number of hydrogen-bond acceptors (Lipinski definition) is 3. The molecule has 0 unspecified atom stereocenters. The summed E-state index contributed by atoms with van der Waals surface area (Å²) in [6, 6.07) is 0. The van der Waals surface area contributed by atoms with Gasteiger partial charge in [0.15, 0.2) is 0 Å². The molecule has 0 heterocycles. The van der Waals surface area contributed by atoms with E-state index in [1.165, 1.54) is 57.8 Å². The van der Waals surface area contributed by atoms with Crippen LogP contribution in [0, 0.1) is 0 Å². The lowest BCUT2D eigenvalue weighted by atomic mass is 10.1. The van der Waals surface area contributed by atoms with Crippen LogP contribution in [0.4, 0.5) is 0 Å². The Morgan fingerprint density at radius 1 is 0.708 bits per heavy atom. The highest BCUT2D eigenvalue weighted by Gasteiger charge is 2.03. The molecule has 0 saturated heterocycles. The van der Waals surface area contributed by atoms with Gasteiger partial charge in [-0.1, -0.05) is 78.6 Å². The van der Waals surface area contributed by atoms with Gasteiger partial charge in [0.05, 0.1) is 6.61 Å². The second kappa shape index (κ2) is 18.8. The maximum atomic E-state index is 11.7. The molecule has 144 valence electrons. The topological polar surface area (TPSA) is 29.5 Å². The van der Waals surface area contributed by atoms with E-state index in [0.717, 1.165) is 38.9 Å². The number of esters is 1. The quantitative estimate of drug-likeness (QED) is 0.227. The van der Waals surface area contributed by atoms with E-state index >= 15 is 0 Å². The molecule has 0 fully saturated rings. The normalized spacial score (nSPS) is 11.2. The van der Waals surface area contributed by atoms with E-state index in [0.29, 0.717) is 13.0 Å². The number of carbonyl (C=O) groups is 1. The fourth-order valence-electron chi connectivity index (χ4n) is 2.99. The molecule has 0 aliphatic rings. The summed E-state index contributed by atoms with van der Waals surface area (Å²) in [7, 11) is 0.